The van der Waals surface area contributed by atoms with Crippen molar-refractivity contribution in [2.45, 2.75) is 13.8 Å². The van der Waals surface area contributed by atoms with Crippen LogP contribution in [0.1, 0.15) is 12.5 Å². The molecule has 0 spiro atoms. The van der Waals surface area contributed by atoms with Crippen LogP contribution in [0.3, 0.4) is 0 Å². The van der Waals surface area contributed by atoms with Crippen LogP contribution in [-0.4, -0.2) is 22.3 Å². The van der Waals surface area contributed by atoms with Gasteiger partial charge in [0.05, 0.1) is 17.6 Å². The zero-order valence-electron chi connectivity index (χ0n) is 14.9. The maximum atomic E-state index is 12.9. The first-order valence-corrected chi connectivity index (χ1v) is 8.98. The first-order chi connectivity index (χ1) is 13.0. The number of hydrogen-bond donors (Lipinski definition) is 1. The molecule has 27 heavy (non-hydrogen) atoms. The minimum absolute atomic E-state index is 0.176. The minimum Gasteiger partial charge on any atom is -0.449 e. The smallest absolute Gasteiger partial charge is 0.421 e. The van der Waals surface area contributed by atoms with Crippen LogP contribution in [0.25, 0.3) is 33.1 Å². The molecule has 0 bridgehead atoms. The van der Waals surface area contributed by atoms with Gasteiger partial charge in [-0.25, -0.2) is 9.36 Å². The van der Waals surface area contributed by atoms with Gasteiger partial charge in [-0.3, -0.25) is 4.79 Å². The molecule has 0 aliphatic carbocycles. The highest BCUT2D eigenvalue weighted by Crippen LogP contribution is 2.33. The predicted molar refractivity (Wildman–Crippen MR) is 108 cm³/mol. The van der Waals surface area contributed by atoms with Crippen LogP contribution in [0.4, 0.5) is 4.79 Å². The second-order valence-corrected chi connectivity index (χ2v) is 6.78. The van der Waals surface area contributed by atoms with Gasteiger partial charge < -0.3 is 9.72 Å². The van der Waals surface area contributed by atoms with Crippen LogP contribution in [0.2, 0.25) is 5.02 Å². The number of rotatable bonds is 2. The predicted octanol–water partition coefficient (Wildman–Crippen LogP) is 5.12. The van der Waals surface area contributed by atoms with E-state index in [1.165, 1.54) is 6.07 Å². The van der Waals surface area contributed by atoms with E-state index >= 15 is 0 Å². The molecule has 2 aromatic carbocycles. The van der Waals surface area contributed by atoms with Gasteiger partial charge in [0.1, 0.15) is 0 Å². The second-order valence-electron chi connectivity index (χ2n) is 6.34. The number of aromatic amines is 1. The number of carbonyl (C=O) groups excluding carboxylic acids is 1. The Hall–Kier alpha value is -3.05. The molecule has 0 amide bonds. The highest BCUT2D eigenvalue weighted by Gasteiger charge is 2.20. The Balaban J connectivity index is 2.17. The Morgan fingerprint density at radius 2 is 2.00 bits per heavy atom. The van der Waals surface area contributed by atoms with Crippen molar-refractivity contribution in [3.63, 3.8) is 0 Å². The largest absolute Gasteiger partial charge is 0.449 e. The van der Waals surface area contributed by atoms with E-state index < -0.39 is 11.7 Å². The number of hydrogen-bond acceptors (Lipinski definition) is 3. The molecule has 5 nitrogen and oxygen atoms in total. The zero-order valence-corrected chi connectivity index (χ0v) is 15.6. The molecule has 136 valence electrons. The van der Waals surface area contributed by atoms with Crippen molar-refractivity contribution in [1.29, 1.82) is 0 Å². The Labute approximate surface area is 160 Å². The monoisotopic (exact) mass is 380 g/mol. The number of aryl methyl sites for hydroxylation is 1. The first-order valence-electron chi connectivity index (χ1n) is 8.60. The highest BCUT2D eigenvalue weighted by atomic mass is 35.5. The van der Waals surface area contributed by atoms with E-state index in [-0.39, 0.29) is 6.61 Å². The molecule has 0 saturated carbocycles. The van der Waals surface area contributed by atoms with Crippen molar-refractivity contribution >= 4 is 39.6 Å². The quantitative estimate of drug-likeness (QED) is 0.525. The molecule has 0 aliphatic rings. The molecule has 0 unspecified atom stereocenters. The van der Waals surface area contributed by atoms with Gasteiger partial charge in [-0.15, -0.1) is 0 Å². The molecule has 0 aliphatic heterocycles. The molecule has 4 aromatic rings. The van der Waals surface area contributed by atoms with Crippen LogP contribution in [0.15, 0.2) is 53.3 Å². The van der Waals surface area contributed by atoms with Crippen LogP contribution >= 0.6 is 11.6 Å². The molecule has 0 saturated heterocycles. The van der Waals surface area contributed by atoms with Gasteiger partial charge in [-0.05, 0) is 37.6 Å². The zero-order chi connectivity index (χ0) is 19.1. The number of benzene rings is 2. The molecule has 6 heteroatoms. The van der Waals surface area contributed by atoms with Gasteiger partial charge in [-0.1, -0.05) is 41.4 Å². The lowest BCUT2D eigenvalue weighted by Gasteiger charge is -2.10. The van der Waals surface area contributed by atoms with Gasteiger partial charge >= 0.3 is 6.09 Å². The van der Waals surface area contributed by atoms with Crippen molar-refractivity contribution in [3.05, 3.63) is 69.5 Å². The fourth-order valence-electron chi connectivity index (χ4n) is 3.36. The van der Waals surface area contributed by atoms with Crippen LogP contribution in [0.5, 0.6) is 0 Å². The Kier molecular flexibility index (Phi) is 4.24. The maximum absolute atomic E-state index is 12.9. The lowest BCUT2D eigenvalue weighted by Crippen LogP contribution is -2.27. The third-order valence-corrected chi connectivity index (χ3v) is 4.73. The molecular formula is C21H17ClN2O3. The molecule has 1 N–H and O–H groups in total. The summed E-state index contributed by atoms with van der Waals surface area (Å²) in [6.45, 7) is 3.87. The van der Waals surface area contributed by atoms with E-state index in [0.29, 0.717) is 21.4 Å². The van der Waals surface area contributed by atoms with Gasteiger partial charge in [0, 0.05) is 27.6 Å². The summed E-state index contributed by atoms with van der Waals surface area (Å²) < 4.78 is 6.17. The number of pyridine rings is 1. The fourth-order valence-corrected chi connectivity index (χ4v) is 3.53. The molecule has 0 fully saturated rings. The molecule has 2 heterocycles. The fraction of sp³-hybridized carbons (Fsp3) is 0.143. The Morgan fingerprint density at radius 3 is 2.74 bits per heavy atom. The standard InChI is InChI=1S/C21H17ClN2O3/c1-3-27-21(26)24-18(25)11-15(13-6-4-5-12(2)9-13)19-20(24)16-10-14(22)7-8-17(16)23-19/h4-11,23H,3H2,1-2H3. The number of fused-ring (bicyclic) bond motifs is 3. The summed E-state index contributed by atoms with van der Waals surface area (Å²) in [4.78, 5) is 28.7. The Bertz CT molecular complexity index is 1250. The highest BCUT2D eigenvalue weighted by molar-refractivity contribution is 6.32. The van der Waals surface area contributed by atoms with Gasteiger partial charge in [-0.2, -0.15) is 0 Å². The number of halogens is 1. The average Bonchev–Trinajstić information content (AvgIpc) is 2.99. The SMILES string of the molecule is CCOC(=O)n1c(=O)cc(-c2cccc(C)c2)c2[nH]c3ccc(Cl)cc3c21. The number of nitrogens with one attached hydrogen (secondary N) is 1. The van der Waals surface area contributed by atoms with Crippen LogP contribution < -0.4 is 5.56 Å². The van der Waals surface area contributed by atoms with E-state index in [4.69, 9.17) is 16.3 Å². The summed E-state index contributed by atoms with van der Waals surface area (Å²) >= 11 is 6.17. The van der Waals surface area contributed by atoms with Crippen LogP contribution in [-0.2, 0) is 4.74 Å². The number of ether oxygens (including phenoxy) is 1. The summed E-state index contributed by atoms with van der Waals surface area (Å²) in [5.74, 6) is 0. The van der Waals surface area contributed by atoms with Crippen molar-refractivity contribution in [2.75, 3.05) is 6.61 Å². The number of nitrogens with zero attached hydrogens (tertiary/aromatic N) is 1. The lowest BCUT2D eigenvalue weighted by atomic mass is 10.0. The number of aromatic nitrogens is 2. The minimum atomic E-state index is -0.704. The second kappa shape index (κ2) is 6.59. The van der Waals surface area contributed by atoms with Crippen molar-refractivity contribution in [2.24, 2.45) is 0 Å². The molecule has 0 radical (unpaired) electrons. The normalized spacial score (nSPS) is 11.2. The maximum Gasteiger partial charge on any atom is 0.421 e. The van der Waals surface area contributed by atoms with Crippen molar-refractivity contribution in [1.82, 2.24) is 9.55 Å². The summed E-state index contributed by atoms with van der Waals surface area (Å²) in [5.41, 5.74) is 4.19. The molecular weight excluding hydrogens is 364 g/mol. The average molecular weight is 381 g/mol. The Morgan fingerprint density at radius 1 is 1.19 bits per heavy atom. The van der Waals surface area contributed by atoms with E-state index in [9.17, 15) is 9.59 Å². The lowest BCUT2D eigenvalue weighted by molar-refractivity contribution is 0.154. The third-order valence-electron chi connectivity index (χ3n) is 4.49. The van der Waals surface area contributed by atoms with Crippen molar-refractivity contribution < 1.29 is 9.53 Å². The van der Waals surface area contributed by atoms with E-state index in [1.54, 1.807) is 19.1 Å². The summed E-state index contributed by atoms with van der Waals surface area (Å²) in [6.07, 6.45) is -0.704. The number of H-pyrrole nitrogens is 1. The third kappa shape index (κ3) is 2.90. The van der Waals surface area contributed by atoms with Gasteiger partial charge in [0.25, 0.3) is 5.56 Å². The number of carbonyl (C=O) groups is 1. The van der Waals surface area contributed by atoms with E-state index in [1.807, 2.05) is 37.3 Å². The van der Waals surface area contributed by atoms with Gasteiger partial charge in [0.15, 0.2) is 0 Å². The van der Waals surface area contributed by atoms with Gasteiger partial charge in [0.2, 0.25) is 0 Å². The van der Waals surface area contributed by atoms with E-state index in [2.05, 4.69) is 4.98 Å². The summed E-state index contributed by atoms with van der Waals surface area (Å²) in [7, 11) is 0. The topological polar surface area (TPSA) is 64.1 Å². The summed E-state index contributed by atoms with van der Waals surface area (Å²) in [5, 5.41) is 1.21. The molecule has 4 rings (SSSR count). The molecule has 2 aromatic heterocycles. The van der Waals surface area contributed by atoms with E-state index in [0.717, 1.165) is 26.8 Å². The summed E-state index contributed by atoms with van der Waals surface area (Å²) in [6, 6.07) is 14.7. The first kappa shape index (κ1) is 17.4. The van der Waals surface area contributed by atoms with Crippen molar-refractivity contribution in [3.8, 4) is 11.1 Å². The molecule has 0 atom stereocenters. The van der Waals surface area contributed by atoms with Crippen LogP contribution in [0, 0.1) is 6.92 Å².